The van der Waals surface area contributed by atoms with Gasteiger partial charge in [-0.15, -0.1) is 11.3 Å². The van der Waals surface area contributed by atoms with E-state index >= 15 is 0 Å². The van der Waals surface area contributed by atoms with Crippen LogP contribution in [0.4, 0.5) is 5.13 Å². The van der Waals surface area contributed by atoms with Crippen molar-refractivity contribution >= 4 is 28.2 Å². The Hall–Kier alpha value is -1.04. The standard InChI is InChI=1S/C16H23N3S2/c1-12(10-20-3)19(2)16-18-14(11-21-16)9-15(17)13-7-5-4-6-8-13/h4-8,11-12,15H,9-10,17H2,1-3H3. The molecule has 114 valence electrons. The van der Waals surface area contributed by atoms with Crippen LogP contribution in [0.1, 0.15) is 24.2 Å². The molecule has 0 amide bonds. The molecule has 3 nitrogen and oxygen atoms in total. The molecule has 1 heterocycles. The van der Waals surface area contributed by atoms with Gasteiger partial charge in [-0.1, -0.05) is 30.3 Å². The lowest BCUT2D eigenvalue weighted by atomic mass is 10.0. The molecule has 0 aliphatic heterocycles. The van der Waals surface area contributed by atoms with Gasteiger partial charge in [-0.25, -0.2) is 4.98 Å². The Balaban J connectivity index is 2.00. The third-order valence-electron chi connectivity index (χ3n) is 3.57. The van der Waals surface area contributed by atoms with E-state index in [1.54, 1.807) is 11.3 Å². The molecule has 1 aromatic heterocycles. The van der Waals surface area contributed by atoms with Crippen molar-refractivity contribution in [1.82, 2.24) is 4.98 Å². The average molecular weight is 322 g/mol. The van der Waals surface area contributed by atoms with Crippen molar-refractivity contribution in [3.63, 3.8) is 0 Å². The molecule has 0 radical (unpaired) electrons. The number of nitrogens with two attached hydrogens (primary N) is 1. The van der Waals surface area contributed by atoms with E-state index in [1.807, 2.05) is 30.0 Å². The normalized spacial score (nSPS) is 13.9. The highest BCUT2D eigenvalue weighted by molar-refractivity contribution is 7.98. The fourth-order valence-corrected chi connectivity index (χ4v) is 3.75. The Labute approximate surface area is 135 Å². The number of nitrogens with zero attached hydrogens (tertiary/aromatic N) is 2. The van der Waals surface area contributed by atoms with Crippen LogP contribution in [0.3, 0.4) is 0 Å². The highest BCUT2D eigenvalue weighted by Gasteiger charge is 2.15. The van der Waals surface area contributed by atoms with Gasteiger partial charge in [0, 0.05) is 36.7 Å². The minimum atomic E-state index is 0.00933. The van der Waals surface area contributed by atoms with Gasteiger partial charge in [-0.2, -0.15) is 11.8 Å². The first kappa shape index (κ1) is 16.3. The fraction of sp³-hybridized carbons (Fsp3) is 0.438. The molecular formula is C16H23N3S2. The summed E-state index contributed by atoms with van der Waals surface area (Å²) >= 11 is 3.56. The monoisotopic (exact) mass is 321 g/mol. The maximum absolute atomic E-state index is 6.27. The molecule has 0 saturated heterocycles. The van der Waals surface area contributed by atoms with Crippen molar-refractivity contribution in [1.29, 1.82) is 0 Å². The van der Waals surface area contributed by atoms with E-state index in [0.29, 0.717) is 6.04 Å². The van der Waals surface area contributed by atoms with Gasteiger partial charge >= 0.3 is 0 Å². The highest BCUT2D eigenvalue weighted by atomic mass is 32.2. The van der Waals surface area contributed by atoms with Gasteiger partial charge < -0.3 is 10.6 Å². The second-order valence-corrected chi connectivity index (χ2v) is 7.01. The van der Waals surface area contributed by atoms with Gasteiger partial charge in [-0.05, 0) is 18.7 Å². The lowest BCUT2D eigenvalue weighted by Crippen LogP contribution is -2.30. The van der Waals surface area contributed by atoms with Gasteiger partial charge in [0.25, 0.3) is 0 Å². The van der Waals surface area contributed by atoms with E-state index < -0.39 is 0 Å². The number of thiazole rings is 1. The zero-order chi connectivity index (χ0) is 15.2. The molecule has 0 aliphatic carbocycles. The maximum Gasteiger partial charge on any atom is 0.185 e. The summed E-state index contributed by atoms with van der Waals surface area (Å²) < 4.78 is 0. The third-order valence-corrected chi connectivity index (χ3v) is 5.36. The van der Waals surface area contributed by atoms with Crippen LogP contribution in [0.25, 0.3) is 0 Å². The fourth-order valence-electron chi connectivity index (χ4n) is 2.14. The Morgan fingerprint density at radius 1 is 1.33 bits per heavy atom. The van der Waals surface area contributed by atoms with E-state index in [2.05, 4.69) is 42.6 Å². The Bertz CT molecular complexity index is 541. The van der Waals surface area contributed by atoms with Crippen molar-refractivity contribution in [2.75, 3.05) is 24.0 Å². The number of thioether (sulfide) groups is 1. The molecule has 2 N–H and O–H groups in total. The van der Waals surface area contributed by atoms with Crippen LogP contribution in [0.2, 0.25) is 0 Å². The zero-order valence-corrected chi connectivity index (χ0v) is 14.5. The summed E-state index contributed by atoms with van der Waals surface area (Å²) in [6, 6.07) is 10.7. The quantitative estimate of drug-likeness (QED) is 0.846. The summed E-state index contributed by atoms with van der Waals surface area (Å²) in [5.74, 6) is 1.11. The van der Waals surface area contributed by atoms with E-state index in [0.717, 1.165) is 28.6 Å². The van der Waals surface area contributed by atoms with Crippen LogP contribution in [-0.4, -0.2) is 30.1 Å². The lowest BCUT2D eigenvalue weighted by molar-refractivity contribution is 0.705. The minimum Gasteiger partial charge on any atom is -0.348 e. The molecule has 0 bridgehead atoms. The number of hydrogen-bond donors (Lipinski definition) is 1. The van der Waals surface area contributed by atoms with Crippen molar-refractivity contribution in [3.8, 4) is 0 Å². The van der Waals surface area contributed by atoms with Crippen LogP contribution in [0, 0.1) is 0 Å². The molecule has 2 aromatic rings. The van der Waals surface area contributed by atoms with Crippen LogP contribution in [0.5, 0.6) is 0 Å². The summed E-state index contributed by atoms with van der Waals surface area (Å²) in [6.07, 6.45) is 2.92. The van der Waals surface area contributed by atoms with E-state index in [9.17, 15) is 0 Å². The number of anilines is 1. The van der Waals surface area contributed by atoms with E-state index in [1.165, 1.54) is 0 Å². The predicted molar refractivity (Wildman–Crippen MR) is 95.4 cm³/mol. The molecule has 0 aliphatic rings. The molecule has 5 heteroatoms. The Morgan fingerprint density at radius 2 is 2.05 bits per heavy atom. The predicted octanol–water partition coefficient (Wildman–Crippen LogP) is 3.57. The Morgan fingerprint density at radius 3 is 2.71 bits per heavy atom. The number of hydrogen-bond acceptors (Lipinski definition) is 5. The van der Waals surface area contributed by atoms with Crippen LogP contribution in [0.15, 0.2) is 35.7 Å². The van der Waals surface area contributed by atoms with Crippen LogP contribution < -0.4 is 10.6 Å². The summed E-state index contributed by atoms with van der Waals surface area (Å²) in [6.45, 7) is 2.23. The van der Waals surface area contributed by atoms with Gasteiger partial charge in [0.05, 0.1) is 5.69 Å². The second-order valence-electron chi connectivity index (χ2n) is 5.26. The summed E-state index contributed by atoms with van der Waals surface area (Å²) in [5.41, 5.74) is 8.51. The molecule has 0 fully saturated rings. The van der Waals surface area contributed by atoms with E-state index in [-0.39, 0.29) is 6.04 Å². The minimum absolute atomic E-state index is 0.00933. The SMILES string of the molecule is CSCC(C)N(C)c1nc(CC(N)c2ccccc2)cs1. The largest absolute Gasteiger partial charge is 0.348 e. The van der Waals surface area contributed by atoms with Gasteiger partial charge in [0.2, 0.25) is 0 Å². The maximum atomic E-state index is 6.27. The first-order chi connectivity index (χ1) is 10.1. The molecule has 1 aromatic carbocycles. The van der Waals surface area contributed by atoms with Gasteiger partial charge in [-0.3, -0.25) is 0 Å². The van der Waals surface area contributed by atoms with Crippen molar-refractivity contribution in [3.05, 3.63) is 47.0 Å². The summed E-state index contributed by atoms with van der Waals surface area (Å²) in [4.78, 5) is 6.98. The average Bonchev–Trinajstić information content (AvgIpc) is 2.96. The Kier molecular flexibility index (Phi) is 6.08. The van der Waals surface area contributed by atoms with Crippen LogP contribution >= 0.6 is 23.1 Å². The topological polar surface area (TPSA) is 42.2 Å². The van der Waals surface area contributed by atoms with Crippen molar-refractivity contribution < 1.29 is 0 Å². The van der Waals surface area contributed by atoms with Gasteiger partial charge in [0.1, 0.15) is 0 Å². The van der Waals surface area contributed by atoms with Gasteiger partial charge in [0.15, 0.2) is 5.13 Å². The molecular weight excluding hydrogens is 298 g/mol. The lowest BCUT2D eigenvalue weighted by Gasteiger charge is -2.23. The summed E-state index contributed by atoms with van der Waals surface area (Å²) in [5, 5.41) is 3.20. The molecule has 2 rings (SSSR count). The number of rotatable bonds is 7. The second kappa shape index (κ2) is 7.82. The van der Waals surface area contributed by atoms with Crippen molar-refractivity contribution in [2.45, 2.75) is 25.4 Å². The molecule has 2 atom stereocenters. The summed E-state index contributed by atoms with van der Waals surface area (Å²) in [7, 11) is 2.11. The number of aromatic nitrogens is 1. The molecule has 0 spiro atoms. The smallest absolute Gasteiger partial charge is 0.185 e. The number of benzene rings is 1. The zero-order valence-electron chi connectivity index (χ0n) is 12.8. The van der Waals surface area contributed by atoms with Crippen LogP contribution in [-0.2, 0) is 6.42 Å². The molecule has 0 saturated carbocycles. The first-order valence-corrected chi connectivity index (χ1v) is 9.36. The molecule has 2 unspecified atom stereocenters. The van der Waals surface area contributed by atoms with E-state index in [4.69, 9.17) is 10.7 Å². The molecule has 21 heavy (non-hydrogen) atoms. The van der Waals surface area contributed by atoms with Crippen molar-refractivity contribution in [2.24, 2.45) is 5.73 Å². The highest BCUT2D eigenvalue weighted by Crippen LogP contribution is 2.24. The first-order valence-electron chi connectivity index (χ1n) is 7.08. The third kappa shape index (κ3) is 4.46.